The molecule has 1 amide bonds. The van der Waals surface area contributed by atoms with Crippen molar-refractivity contribution < 1.29 is 9.53 Å². The number of para-hydroxylation sites is 1. The number of halogens is 1. The highest BCUT2D eigenvalue weighted by atomic mass is 35.5. The number of hydrogen-bond acceptors (Lipinski definition) is 4. The van der Waals surface area contributed by atoms with Crippen molar-refractivity contribution in [1.29, 1.82) is 0 Å². The van der Waals surface area contributed by atoms with E-state index in [2.05, 4.69) is 20.3 Å². The predicted molar refractivity (Wildman–Crippen MR) is 109 cm³/mol. The van der Waals surface area contributed by atoms with E-state index < -0.39 is 0 Å². The molecule has 4 rings (SSSR count). The predicted octanol–water partition coefficient (Wildman–Crippen LogP) is 5.27. The Balaban J connectivity index is 1.47. The summed E-state index contributed by atoms with van der Waals surface area (Å²) < 4.78 is 5.68. The van der Waals surface area contributed by atoms with Gasteiger partial charge in [-0.05, 0) is 56.3 Å². The molecule has 0 radical (unpaired) electrons. The van der Waals surface area contributed by atoms with Gasteiger partial charge in [0.1, 0.15) is 11.4 Å². The molecule has 2 aromatic carbocycles. The summed E-state index contributed by atoms with van der Waals surface area (Å²) in [6.07, 6.45) is 0. The maximum Gasteiger partial charge on any atom is 0.322 e. The van der Waals surface area contributed by atoms with Gasteiger partial charge in [-0.25, -0.2) is 9.97 Å². The molecule has 0 fully saturated rings. The van der Waals surface area contributed by atoms with Crippen LogP contribution in [-0.2, 0) is 0 Å². The molecular weight excluding hydrogens is 376 g/mol. The van der Waals surface area contributed by atoms with E-state index in [0.717, 1.165) is 22.3 Å². The molecule has 2 heterocycles. The van der Waals surface area contributed by atoms with Crippen LogP contribution in [0, 0.1) is 13.8 Å². The lowest BCUT2D eigenvalue weighted by Crippen LogP contribution is -2.12. The number of carbonyl (C=O) groups is 1. The minimum atomic E-state index is -0.251. The molecule has 4 aromatic rings. The van der Waals surface area contributed by atoms with Crippen molar-refractivity contribution >= 4 is 34.1 Å². The summed E-state index contributed by atoms with van der Waals surface area (Å²) in [6, 6.07) is 16.5. The topological polar surface area (TPSA) is 79.9 Å². The normalized spacial score (nSPS) is 10.8. The summed E-state index contributed by atoms with van der Waals surface area (Å²) in [5, 5.41) is 4.31. The number of benzene rings is 2. The Morgan fingerprint density at radius 3 is 2.43 bits per heavy atom. The number of nitrogens with zero attached hydrogens (tertiary/aromatic N) is 2. The van der Waals surface area contributed by atoms with Crippen molar-refractivity contribution in [3.63, 3.8) is 0 Å². The molecule has 0 saturated heterocycles. The fourth-order valence-electron chi connectivity index (χ4n) is 2.89. The number of H-pyrrole nitrogens is 1. The lowest BCUT2D eigenvalue weighted by molar-refractivity contribution is 0.102. The molecule has 140 valence electrons. The first kappa shape index (κ1) is 18.0. The Morgan fingerprint density at radius 2 is 1.75 bits per heavy atom. The van der Waals surface area contributed by atoms with Gasteiger partial charge in [0.25, 0.3) is 5.91 Å². The molecule has 28 heavy (non-hydrogen) atoms. The van der Waals surface area contributed by atoms with Crippen molar-refractivity contribution in [2.24, 2.45) is 0 Å². The molecule has 0 spiro atoms. The van der Waals surface area contributed by atoms with E-state index in [1.807, 2.05) is 32.0 Å². The third-order valence-corrected chi connectivity index (χ3v) is 4.45. The number of rotatable bonds is 4. The summed E-state index contributed by atoms with van der Waals surface area (Å²) in [6.45, 7) is 3.77. The highest BCUT2D eigenvalue weighted by Gasteiger charge is 2.11. The molecule has 2 N–H and O–H groups in total. The van der Waals surface area contributed by atoms with Gasteiger partial charge in [-0.15, -0.1) is 0 Å². The van der Waals surface area contributed by atoms with Crippen LogP contribution < -0.4 is 10.1 Å². The Labute approximate surface area is 166 Å². The Morgan fingerprint density at radius 1 is 1.04 bits per heavy atom. The zero-order valence-electron chi connectivity index (χ0n) is 15.3. The summed E-state index contributed by atoms with van der Waals surface area (Å²) >= 11 is 6.15. The first-order chi connectivity index (χ1) is 13.5. The molecule has 2 aromatic heterocycles. The number of nitrogens with one attached hydrogen (secondary N) is 2. The van der Waals surface area contributed by atoms with Crippen LogP contribution in [0.2, 0.25) is 5.02 Å². The molecule has 0 bridgehead atoms. The quantitative estimate of drug-likeness (QED) is 0.495. The number of hydrogen-bond donors (Lipinski definition) is 2. The van der Waals surface area contributed by atoms with Crippen LogP contribution in [0.25, 0.3) is 10.9 Å². The van der Waals surface area contributed by atoms with E-state index >= 15 is 0 Å². The van der Waals surface area contributed by atoms with E-state index in [1.54, 1.807) is 36.4 Å². The number of aryl methyl sites for hydroxylation is 2. The molecule has 0 saturated carbocycles. The van der Waals surface area contributed by atoms with E-state index in [9.17, 15) is 4.79 Å². The molecule has 6 nitrogen and oxygen atoms in total. The number of fused-ring (bicyclic) bond motifs is 1. The van der Waals surface area contributed by atoms with E-state index in [0.29, 0.717) is 28.2 Å². The molecule has 7 heteroatoms. The van der Waals surface area contributed by atoms with Crippen LogP contribution in [0.5, 0.6) is 11.8 Å². The number of aromatic amines is 1. The van der Waals surface area contributed by atoms with Gasteiger partial charge in [0.05, 0.1) is 10.5 Å². The number of ether oxygens (including phenoxy) is 1. The van der Waals surface area contributed by atoms with Gasteiger partial charge in [0, 0.05) is 22.5 Å². The smallest absolute Gasteiger partial charge is 0.322 e. The van der Waals surface area contributed by atoms with Crippen LogP contribution in [0.3, 0.4) is 0 Å². The first-order valence-electron chi connectivity index (χ1n) is 8.67. The van der Waals surface area contributed by atoms with Crippen molar-refractivity contribution in [2.75, 3.05) is 5.32 Å². The van der Waals surface area contributed by atoms with Crippen LogP contribution in [0.4, 0.5) is 5.69 Å². The number of carbonyl (C=O) groups excluding carboxylic acids is 1. The van der Waals surface area contributed by atoms with Gasteiger partial charge in [-0.1, -0.05) is 23.7 Å². The van der Waals surface area contributed by atoms with Crippen LogP contribution in [0.1, 0.15) is 21.9 Å². The molecule has 0 aliphatic carbocycles. The second kappa shape index (κ2) is 7.32. The Bertz CT molecular complexity index is 1150. The zero-order valence-corrected chi connectivity index (χ0v) is 16.0. The van der Waals surface area contributed by atoms with Gasteiger partial charge in [-0.3, -0.25) is 4.79 Å². The van der Waals surface area contributed by atoms with Crippen LogP contribution >= 0.6 is 11.6 Å². The van der Waals surface area contributed by atoms with Gasteiger partial charge in [-0.2, -0.15) is 0 Å². The summed E-state index contributed by atoms with van der Waals surface area (Å²) in [7, 11) is 0. The maximum atomic E-state index is 12.5. The molecule has 0 aliphatic rings. The molecule has 0 aliphatic heterocycles. The van der Waals surface area contributed by atoms with Gasteiger partial charge in [0.2, 0.25) is 0 Å². The minimum Gasteiger partial charge on any atom is -0.424 e. The lowest BCUT2D eigenvalue weighted by Gasteiger charge is -2.07. The van der Waals surface area contributed by atoms with Gasteiger partial charge < -0.3 is 15.0 Å². The highest BCUT2D eigenvalue weighted by molar-refractivity contribution is 6.35. The van der Waals surface area contributed by atoms with Gasteiger partial charge in [0.15, 0.2) is 0 Å². The van der Waals surface area contributed by atoms with Crippen molar-refractivity contribution in [3.8, 4) is 11.8 Å². The second-order valence-electron chi connectivity index (χ2n) is 6.40. The van der Waals surface area contributed by atoms with Crippen molar-refractivity contribution in [1.82, 2.24) is 15.0 Å². The van der Waals surface area contributed by atoms with Gasteiger partial charge >= 0.3 is 6.01 Å². The molecule has 0 unspecified atom stereocenters. The fourth-order valence-corrected chi connectivity index (χ4v) is 3.12. The van der Waals surface area contributed by atoms with Crippen molar-refractivity contribution in [2.45, 2.75) is 13.8 Å². The Kier molecular flexibility index (Phi) is 4.71. The third kappa shape index (κ3) is 3.82. The first-order valence-corrected chi connectivity index (χ1v) is 9.04. The maximum absolute atomic E-state index is 12.5. The van der Waals surface area contributed by atoms with Crippen LogP contribution in [0.15, 0.2) is 54.6 Å². The lowest BCUT2D eigenvalue weighted by atomic mass is 10.2. The van der Waals surface area contributed by atoms with E-state index in [1.165, 1.54) is 0 Å². The van der Waals surface area contributed by atoms with Crippen molar-refractivity contribution in [3.05, 3.63) is 76.7 Å². The van der Waals surface area contributed by atoms with E-state index in [4.69, 9.17) is 16.3 Å². The summed E-state index contributed by atoms with van der Waals surface area (Å²) in [5.74, 6) is 0.332. The minimum absolute atomic E-state index is 0.251. The number of aromatic nitrogens is 3. The number of amides is 1. The van der Waals surface area contributed by atoms with Crippen LogP contribution in [-0.4, -0.2) is 20.9 Å². The summed E-state index contributed by atoms with van der Waals surface area (Å²) in [4.78, 5) is 24.1. The molecular formula is C21H17ClN4O2. The standard InChI is InChI=1S/C21H17ClN4O2/c1-12-10-13(2)24-21(23-12)28-16-8-6-15(7-9-16)25-20(27)18-11-14-4-3-5-17(22)19(14)26-18/h3-11,26H,1-2H3,(H,25,27). The average molecular weight is 393 g/mol. The SMILES string of the molecule is Cc1cc(C)nc(Oc2ccc(NC(=O)c3cc4cccc(Cl)c4[nH]3)cc2)n1. The monoisotopic (exact) mass is 392 g/mol. The third-order valence-electron chi connectivity index (χ3n) is 4.13. The van der Waals surface area contributed by atoms with E-state index in [-0.39, 0.29) is 5.91 Å². The summed E-state index contributed by atoms with van der Waals surface area (Å²) in [5.41, 5.74) is 3.50. The fraction of sp³-hybridized carbons (Fsp3) is 0.0952. The Hall–Kier alpha value is -3.38. The second-order valence-corrected chi connectivity index (χ2v) is 6.81. The zero-order chi connectivity index (χ0) is 19.7. The number of anilines is 1. The largest absolute Gasteiger partial charge is 0.424 e. The average Bonchev–Trinajstić information content (AvgIpc) is 3.08. The molecule has 0 atom stereocenters. The highest BCUT2D eigenvalue weighted by Crippen LogP contribution is 2.25.